The number of ether oxygens (including phenoxy) is 1. The van der Waals surface area contributed by atoms with E-state index in [2.05, 4.69) is 0 Å². The van der Waals surface area contributed by atoms with Gasteiger partial charge >= 0.3 is 16.3 Å². The predicted octanol–water partition coefficient (Wildman–Crippen LogP) is 3.34. The SMILES string of the molecule is O=CN(c1ccc(S(F)(F)(F)(F)F)cc1)C(C(=O)NO)C1(OCC2CC2)CN(C(=O)O)C1. The third kappa shape index (κ3) is 4.88. The second-order valence-corrected chi connectivity index (χ2v) is 10.2. The molecule has 0 bridgehead atoms. The van der Waals surface area contributed by atoms with Gasteiger partial charge in [0, 0.05) is 5.69 Å². The van der Waals surface area contributed by atoms with Crippen molar-refractivity contribution in [2.24, 2.45) is 5.92 Å². The molecule has 1 saturated carbocycles. The van der Waals surface area contributed by atoms with Crippen molar-refractivity contribution >= 4 is 34.3 Å². The number of carbonyl (C=O) groups is 3. The Balaban J connectivity index is 1.97. The molecule has 0 spiro atoms. The van der Waals surface area contributed by atoms with Crippen molar-refractivity contribution < 1.29 is 48.9 Å². The highest BCUT2D eigenvalue weighted by atomic mass is 32.5. The Kier molecular flexibility index (Phi) is 5.38. The van der Waals surface area contributed by atoms with Crippen LogP contribution in [0.25, 0.3) is 0 Å². The molecule has 2 fully saturated rings. The van der Waals surface area contributed by atoms with Crippen LogP contribution in [0, 0.1) is 5.92 Å². The smallest absolute Gasteiger partial charge is 0.407 e. The third-order valence-corrected chi connectivity index (χ3v) is 6.48. The summed E-state index contributed by atoms with van der Waals surface area (Å²) in [7, 11) is -9.97. The van der Waals surface area contributed by atoms with Gasteiger partial charge in [0.1, 0.15) is 16.5 Å². The average molecular weight is 489 g/mol. The Morgan fingerprint density at radius 2 is 1.78 bits per heavy atom. The van der Waals surface area contributed by atoms with Gasteiger partial charge in [-0.1, -0.05) is 19.4 Å². The Morgan fingerprint density at radius 3 is 2.19 bits per heavy atom. The Hall–Kier alpha value is -2.65. The van der Waals surface area contributed by atoms with E-state index in [0.29, 0.717) is 17.0 Å². The highest BCUT2D eigenvalue weighted by molar-refractivity contribution is 8.45. The van der Waals surface area contributed by atoms with Crippen LogP contribution in [0.5, 0.6) is 0 Å². The molecule has 1 aromatic rings. The topological polar surface area (TPSA) is 119 Å². The first-order valence-electron chi connectivity index (χ1n) is 9.24. The zero-order valence-electron chi connectivity index (χ0n) is 16.3. The number of benzene rings is 1. The van der Waals surface area contributed by atoms with Crippen LogP contribution in [0.15, 0.2) is 29.2 Å². The van der Waals surface area contributed by atoms with Gasteiger partial charge in [-0.25, -0.2) is 10.3 Å². The van der Waals surface area contributed by atoms with E-state index in [1.54, 1.807) is 0 Å². The van der Waals surface area contributed by atoms with Crippen molar-refractivity contribution in [3.63, 3.8) is 0 Å². The van der Waals surface area contributed by atoms with Gasteiger partial charge in [0.2, 0.25) is 6.41 Å². The second-order valence-electron chi connectivity index (χ2n) is 7.81. The molecular formula is C17H20F5N3O6S. The van der Waals surface area contributed by atoms with Crippen LogP contribution in [-0.2, 0) is 14.3 Å². The van der Waals surface area contributed by atoms with Gasteiger partial charge in [0.15, 0.2) is 0 Å². The number of hydrogen-bond donors (Lipinski definition) is 3. The summed E-state index contributed by atoms with van der Waals surface area (Å²) >= 11 is 0. The van der Waals surface area contributed by atoms with Crippen LogP contribution in [-0.4, -0.2) is 65.0 Å². The van der Waals surface area contributed by atoms with Crippen molar-refractivity contribution in [2.75, 3.05) is 24.6 Å². The van der Waals surface area contributed by atoms with E-state index in [4.69, 9.17) is 9.84 Å². The van der Waals surface area contributed by atoms with Crippen molar-refractivity contribution in [1.29, 1.82) is 0 Å². The van der Waals surface area contributed by atoms with E-state index in [1.807, 2.05) is 0 Å². The number of nitrogens with zero attached hydrogens (tertiary/aromatic N) is 2. The monoisotopic (exact) mass is 489 g/mol. The van der Waals surface area contributed by atoms with Gasteiger partial charge in [-0.05, 0) is 43.0 Å². The van der Waals surface area contributed by atoms with Crippen LogP contribution in [0.1, 0.15) is 12.8 Å². The molecule has 1 atom stereocenters. The molecule has 1 saturated heterocycles. The van der Waals surface area contributed by atoms with Gasteiger partial charge < -0.3 is 14.7 Å². The summed E-state index contributed by atoms with van der Waals surface area (Å²) in [5, 5.41) is 18.4. The molecule has 0 radical (unpaired) electrons. The van der Waals surface area contributed by atoms with Crippen molar-refractivity contribution in [2.45, 2.75) is 29.4 Å². The minimum atomic E-state index is -9.97. The van der Waals surface area contributed by atoms with Crippen LogP contribution >= 0.6 is 10.2 Å². The minimum absolute atomic E-state index is 0.0559. The van der Waals surface area contributed by atoms with Gasteiger partial charge in [0.25, 0.3) is 5.91 Å². The summed E-state index contributed by atoms with van der Waals surface area (Å²) < 4.78 is 70.8. The van der Waals surface area contributed by atoms with E-state index in [1.165, 1.54) is 5.48 Å². The molecule has 1 unspecified atom stereocenters. The largest absolute Gasteiger partial charge is 0.465 e. The molecule has 1 aromatic carbocycles. The maximum Gasteiger partial charge on any atom is 0.407 e. The fourth-order valence-electron chi connectivity index (χ4n) is 3.47. The molecule has 3 N–H and O–H groups in total. The first-order valence-corrected chi connectivity index (χ1v) is 11.2. The summed E-state index contributed by atoms with van der Waals surface area (Å²) in [6.45, 7) is -0.624. The van der Waals surface area contributed by atoms with Crippen molar-refractivity contribution in [1.82, 2.24) is 10.4 Å². The fraction of sp³-hybridized carbons (Fsp3) is 0.471. The van der Waals surface area contributed by atoms with E-state index in [0.717, 1.165) is 17.7 Å². The number of anilines is 1. The lowest BCUT2D eigenvalue weighted by atomic mass is 9.84. The lowest BCUT2D eigenvalue weighted by Gasteiger charge is -2.53. The highest BCUT2D eigenvalue weighted by Crippen LogP contribution is 3.02. The minimum Gasteiger partial charge on any atom is -0.465 e. The number of hydroxylamine groups is 1. The molecule has 1 aliphatic heterocycles. The summed E-state index contributed by atoms with van der Waals surface area (Å²) in [5.74, 6) is -1.04. The molecule has 9 nitrogen and oxygen atoms in total. The summed E-state index contributed by atoms with van der Waals surface area (Å²) in [5.41, 5.74) is -0.651. The molecular weight excluding hydrogens is 469 g/mol. The van der Waals surface area contributed by atoms with Crippen LogP contribution in [0.3, 0.4) is 0 Å². The number of carboxylic acid groups (broad SMARTS) is 1. The van der Waals surface area contributed by atoms with Crippen LogP contribution in [0.2, 0.25) is 0 Å². The first kappa shape index (κ1) is 24.0. The lowest BCUT2D eigenvalue weighted by molar-refractivity contribution is -0.167. The quantitative estimate of drug-likeness (QED) is 0.212. The summed E-state index contributed by atoms with van der Waals surface area (Å²) in [6, 6.07) is -0.416. The van der Waals surface area contributed by atoms with Crippen LogP contribution < -0.4 is 10.4 Å². The van der Waals surface area contributed by atoms with Gasteiger partial charge in [-0.3, -0.25) is 19.7 Å². The van der Waals surface area contributed by atoms with E-state index < -0.39 is 38.8 Å². The number of halogens is 5. The molecule has 32 heavy (non-hydrogen) atoms. The number of nitrogens with one attached hydrogen (secondary N) is 1. The van der Waals surface area contributed by atoms with Crippen molar-refractivity contribution in [3.8, 4) is 0 Å². The molecule has 180 valence electrons. The number of amides is 3. The first-order chi connectivity index (χ1) is 14.6. The van der Waals surface area contributed by atoms with Crippen molar-refractivity contribution in [3.05, 3.63) is 24.3 Å². The molecule has 1 aliphatic carbocycles. The van der Waals surface area contributed by atoms with Gasteiger partial charge in [-0.15, -0.1) is 0 Å². The van der Waals surface area contributed by atoms with E-state index in [-0.39, 0.29) is 49.8 Å². The third-order valence-electron chi connectivity index (χ3n) is 5.32. The highest BCUT2D eigenvalue weighted by Gasteiger charge is 2.65. The number of likely N-dealkylation sites (tertiary alicyclic amines) is 1. The maximum absolute atomic E-state index is 13.0. The molecule has 0 aromatic heterocycles. The standard InChI is InChI=1S/C17H20F5N3O6S/c18-32(19,20,21,22)13-5-3-12(4-6-13)25(10-26)14(15(27)23-30)17(31-7-11-1-2-11)8-24(9-17)16(28)29/h3-6,10-11,14,30H,1-2,7-9H2,(H,23,27)(H,28,29). The molecule has 2 aliphatic rings. The Labute approximate surface area is 178 Å². The fourth-order valence-corrected chi connectivity index (χ4v) is 4.12. The van der Waals surface area contributed by atoms with E-state index >= 15 is 0 Å². The zero-order chi connectivity index (χ0) is 24.0. The molecule has 3 amide bonds. The molecule has 1 heterocycles. The second kappa shape index (κ2) is 7.18. The molecule has 3 rings (SSSR count). The number of carbonyl (C=O) groups excluding carboxylic acids is 2. The summed E-state index contributed by atoms with van der Waals surface area (Å²) in [6.07, 6.45) is 0.392. The van der Waals surface area contributed by atoms with E-state index in [9.17, 15) is 39.0 Å². The van der Waals surface area contributed by atoms with Crippen LogP contribution in [0.4, 0.5) is 29.9 Å². The normalized spacial score (nSPS) is 20.9. The predicted molar refractivity (Wildman–Crippen MR) is 101 cm³/mol. The Morgan fingerprint density at radius 1 is 1.22 bits per heavy atom. The average Bonchev–Trinajstić information content (AvgIpc) is 3.48. The summed E-state index contributed by atoms with van der Waals surface area (Å²) in [4.78, 5) is 34.9. The lowest BCUT2D eigenvalue weighted by Crippen LogP contribution is -2.75. The number of rotatable bonds is 9. The molecule has 15 heteroatoms. The van der Waals surface area contributed by atoms with Gasteiger partial charge in [-0.2, -0.15) is 0 Å². The Bertz CT molecular complexity index is 920. The zero-order valence-corrected chi connectivity index (χ0v) is 17.1. The van der Waals surface area contributed by atoms with Gasteiger partial charge in [0.05, 0.1) is 19.7 Å². The maximum atomic E-state index is 13.0. The number of hydrogen-bond acceptors (Lipinski definition) is 5.